The van der Waals surface area contributed by atoms with Gasteiger partial charge in [0.15, 0.2) is 0 Å². The molecule has 4 rings (SSSR count). The summed E-state index contributed by atoms with van der Waals surface area (Å²) in [6, 6.07) is 22.3. The van der Waals surface area contributed by atoms with Gasteiger partial charge in [-0.3, -0.25) is 4.79 Å². The lowest BCUT2D eigenvalue weighted by atomic mass is 9.97. The maximum Gasteiger partial charge on any atom is 0.430 e. The van der Waals surface area contributed by atoms with Crippen LogP contribution in [0.3, 0.4) is 0 Å². The number of rotatable bonds is 10. The van der Waals surface area contributed by atoms with Crippen molar-refractivity contribution in [2.24, 2.45) is 16.6 Å². The molecule has 7 nitrogen and oxygen atoms in total. The number of nitrogens with zero attached hydrogens (tertiary/aromatic N) is 2. The maximum absolute atomic E-state index is 13.2. The van der Waals surface area contributed by atoms with E-state index in [-0.39, 0.29) is 17.3 Å². The number of benzene rings is 3. The minimum atomic E-state index is -4.85. The van der Waals surface area contributed by atoms with Gasteiger partial charge in [-0.1, -0.05) is 30.3 Å². The van der Waals surface area contributed by atoms with Crippen LogP contribution in [-0.2, 0) is 4.79 Å². The lowest BCUT2D eigenvalue weighted by Crippen LogP contribution is -2.27. The van der Waals surface area contributed by atoms with Gasteiger partial charge in [0.2, 0.25) is 0 Å². The summed E-state index contributed by atoms with van der Waals surface area (Å²) in [5.74, 6) is 0.422. The number of nitrogens with two attached hydrogens (primary N) is 1. The van der Waals surface area contributed by atoms with Crippen molar-refractivity contribution < 1.29 is 22.7 Å². The van der Waals surface area contributed by atoms with E-state index in [1.807, 2.05) is 36.4 Å². The van der Waals surface area contributed by atoms with Crippen molar-refractivity contribution in [3.8, 4) is 11.8 Å². The zero-order valence-electron chi connectivity index (χ0n) is 21.7. The Morgan fingerprint density at radius 1 is 1.12 bits per heavy atom. The van der Waals surface area contributed by atoms with Gasteiger partial charge >= 0.3 is 6.18 Å². The summed E-state index contributed by atoms with van der Waals surface area (Å²) in [6.45, 7) is 0.818. The van der Waals surface area contributed by atoms with Crippen molar-refractivity contribution in [1.82, 2.24) is 5.32 Å². The zero-order chi connectivity index (χ0) is 28.7. The highest BCUT2D eigenvalue weighted by molar-refractivity contribution is 6.47. The van der Waals surface area contributed by atoms with Crippen LogP contribution in [0.15, 0.2) is 89.6 Å². The van der Waals surface area contributed by atoms with E-state index in [2.05, 4.69) is 15.6 Å². The number of anilines is 1. The standard InChI is InChI=1S/C30H28F3N5O2/c1-40-25-10-4-7-22(15-25)28(36-18-19-11-12-19)21-6-3-9-24(14-21)38-29(39)26(16-27(35)30(31,32)33)37-23-8-2-5-20(13-23)17-34/h2-10,13-16,19,28,36H,11-12,18,35H2,1H3,(H,38,39). The van der Waals surface area contributed by atoms with E-state index < -0.39 is 23.5 Å². The number of amides is 1. The van der Waals surface area contributed by atoms with E-state index in [9.17, 15) is 18.0 Å². The third-order valence-electron chi connectivity index (χ3n) is 6.29. The van der Waals surface area contributed by atoms with Gasteiger partial charge in [0.05, 0.1) is 30.5 Å². The number of ether oxygens (including phenoxy) is 1. The van der Waals surface area contributed by atoms with Gasteiger partial charge < -0.3 is 21.1 Å². The average molecular weight is 548 g/mol. The first-order chi connectivity index (χ1) is 19.2. The lowest BCUT2D eigenvalue weighted by molar-refractivity contribution is -0.110. The smallest absolute Gasteiger partial charge is 0.430 e. The molecule has 1 aliphatic rings. The van der Waals surface area contributed by atoms with Gasteiger partial charge in [0.25, 0.3) is 5.91 Å². The van der Waals surface area contributed by atoms with Crippen molar-refractivity contribution in [3.63, 3.8) is 0 Å². The SMILES string of the molecule is COc1cccc(C(NCC2CC2)c2cccc(NC(=O)C(C=C(N)C(F)(F)F)=Nc3cccc(C#N)c3)c2)c1. The molecule has 0 aliphatic heterocycles. The Kier molecular flexibility index (Phi) is 8.86. The van der Waals surface area contributed by atoms with Gasteiger partial charge in [-0.15, -0.1) is 0 Å². The highest BCUT2D eigenvalue weighted by Crippen LogP contribution is 2.32. The number of carbonyl (C=O) groups is 1. The van der Waals surface area contributed by atoms with Crippen LogP contribution in [-0.4, -0.2) is 31.4 Å². The van der Waals surface area contributed by atoms with Gasteiger partial charge in [0.1, 0.15) is 17.2 Å². The van der Waals surface area contributed by atoms with Crippen LogP contribution < -0.4 is 21.1 Å². The fourth-order valence-corrected chi connectivity index (χ4v) is 4.01. The molecule has 3 aromatic carbocycles. The zero-order valence-corrected chi connectivity index (χ0v) is 21.7. The van der Waals surface area contributed by atoms with Crippen molar-refractivity contribution in [3.05, 3.63) is 101 Å². The molecule has 1 amide bonds. The van der Waals surface area contributed by atoms with Gasteiger partial charge in [0, 0.05) is 5.69 Å². The number of nitriles is 1. The van der Waals surface area contributed by atoms with Crippen molar-refractivity contribution in [2.45, 2.75) is 25.1 Å². The molecule has 206 valence electrons. The number of hydrogen-bond acceptors (Lipinski definition) is 6. The minimum absolute atomic E-state index is 0.131. The Morgan fingerprint density at radius 3 is 2.50 bits per heavy atom. The number of carbonyl (C=O) groups excluding carboxylic acids is 1. The molecule has 1 atom stereocenters. The van der Waals surface area contributed by atoms with Crippen LogP contribution in [0.5, 0.6) is 5.75 Å². The highest BCUT2D eigenvalue weighted by atomic mass is 19.4. The molecule has 0 saturated heterocycles. The first-order valence-corrected chi connectivity index (χ1v) is 12.6. The molecule has 1 saturated carbocycles. The third-order valence-corrected chi connectivity index (χ3v) is 6.29. The van der Waals surface area contributed by atoms with Crippen LogP contribution in [0.25, 0.3) is 0 Å². The molecule has 4 N–H and O–H groups in total. The Morgan fingerprint density at radius 2 is 1.82 bits per heavy atom. The topological polar surface area (TPSA) is 113 Å². The second kappa shape index (κ2) is 12.5. The normalized spacial score (nSPS) is 14.8. The summed E-state index contributed by atoms with van der Waals surface area (Å²) >= 11 is 0. The Balaban J connectivity index is 1.65. The summed E-state index contributed by atoms with van der Waals surface area (Å²) < 4.78 is 45.0. The second-order valence-corrected chi connectivity index (χ2v) is 9.40. The van der Waals surface area contributed by atoms with E-state index >= 15 is 0 Å². The van der Waals surface area contributed by atoms with E-state index in [1.165, 1.54) is 37.1 Å². The first kappa shape index (κ1) is 28.4. The predicted octanol–water partition coefficient (Wildman–Crippen LogP) is 5.77. The molecule has 10 heteroatoms. The lowest BCUT2D eigenvalue weighted by Gasteiger charge is -2.21. The molecule has 0 radical (unpaired) electrons. The molecule has 1 aliphatic carbocycles. The fraction of sp³-hybridized carbons (Fsp3) is 0.233. The Hall–Kier alpha value is -4.62. The van der Waals surface area contributed by atoms with E-state index in [0.717, 1.165) is 17.7 Å². The van der Waals surface area contributed by atoms with Gasteiger partial charge in [-0.2, -0.15) is 18.4 Å². The number of methoxy groups -OCH3 is 1. The molecule has 1 unspecified atom stereocenters. The highest BCUT2D eigenvalue weighted by Gasteiger charge is 2.32. The molecule has 3 aromatic rings. The van der Waals surface area contributed by atoms with Crippen LogP contribution in [0, 0.1) is 17.2 Å². The summed E-state index contributed by atoms with van der Waals surface area (Å²) in [6.07, 6.45) is -2.04. The monoisotopic (exact) mass is 547 g/mol. The Bertz CT molecular complexity index is 1470. The number of aliphatic imine (C=N–C) groups is 1. The van der Waals surface area contributed by atoms with Crippen LogP contribution in [0.2, 0.25) is 0 Å². The predicted molar refractivity (Wildman–Crippen MR) is 147 cm³/mol. The molecular weight excluding hydrogens is 519 g/mol. The number of allylic oxidation sites excluding steroid dienone is 1. The molecule has 40 heavy (non-hydrogen) atoms. The van der Waals surface area contributed by atoms with E-state index in [4.69, 9.17) is 15.7 Å². The van der Waals surface area contributed by atoms with Crippen LogP contribution in [0.4, 0.5) is 24.5 Å². The van der Waals surface area contributed by atoms with Crippen molar-refractivity contribution in [2.75, 3.05) is 19.0 Å². The molecular formula is C30H28F3N5O2. The fourth-order valence-electron chi connectivity index (χ4n) is 4.01. The van der Waals surface area contributed by atoms with Gasteiger partial charge in [-0.05, 0) is 85.0 Å². The molecule has 0 aromatic heterocycles. The minimum Gasteiger partial charge on any atom is -0.497 e. The van der Waals surface area contributed by atoms with E-state index in [0.29, 0.717) is 23.4 Å². The number of hydrogen-bond donors (Lipinski definition) is 3. The maximum atomic E-state index is 13.2. The third kappa shape index (κ3) is 7.71. The summed E-state index contributed by atoms with van der Waals surface area (Å²) in [5, 5.41) is 15.4. The second-order valence-electron chi connectivity index (χ2n) is 9.40. The summed E-state index contributed by atoms with van der Waals surface area (Å²) in [7, 11) is 1.59. The molecule has 0 spiro atoms. The van der Waals surface area contributed by atoms with Crippen LogP contribution in [0.1, 0.15) is 35.6 Å². The quantitative estimate of drug-likeness (QED) is 0.279. The van der Waals surface area contributed by atoms with Crippen LogP contribution >= 0.6 is 0 Å². The van der Waals surface area contributed by atoms with E-state index in [1.54, 1.807) is 25.3 Å². The largest absolute Gasteiger partial charge is 0.497 e. The Labute approximate surface area is 230 Å². The molecule has 0 bridgehead atoms. The molecule has 0 heterocycles. The summed E-state index contributed by atoms with van der Waals surface area (Å²) in [5.41, 5.74) is 5.71. The number of alkyl halides is 3. The first-order valence-electron chi connectivity index (χ1n) is 12.6. The summed E-state index contributed by atoms with van der Waals surface area (Å²) in [4.78, 5) is 17.3. The van der Waals surface area contributed by atoms with Crippen molar-refractivity contribution in [1.29, 1.82) is 5.26 Å². The average Bonchev–Trinajstić information content (AvgIpc) is 3.77. The number of nitrogens with one attached hydrogen (secondary N) is 2. The number of halogens is 3. The van der Waals surface area contributed by atoms with Gasteiger partial charge in [-0.25, -0.2) is 4.99 Å². The molecule has 1 fully saturated rings. The van der Waals surface area contributed by atoms with Crippen molar-refractivity contribution >= 4 is 23.0 Å².